The van der Waals surface area contributed by atoms with E-state index in [0.717, 1.165) is 42.8 Å². The quantitative estimate of drug-likeness (QED) is 0.853. The fourth-order valence-corrected chi connectivity index (χ4v) is 2.22. The largest absolute Gasteiger partial charge is 0.490 e. The normalized spacial score (nSPS) is 16.5. The number of ether oxygens (including phenoxy) is 1. The molecule has 0 unspecified atom stereocenters. The van der Waals surface area contributed by atoms with Crippen molar-refractivity contribution in [2.24, 2.45) is 0 Å². The predicted octanol–water partition coefficient (Wildman–Crippen LogP) is 1.75. The number of aliphatic carboxylic acids is 1. The van der Waals surface area contributed by atoms with Crippen LogP contribution < -0.4 is 10.1 Å². The van der Waals surface area contributed by atoms with E-state index < -0.39 is 5.97 Å². The van der Waals surface area contributed by atoms with Gasteiger partial charge in [0.1, 0.15) is 11.9 Å². The van der Waals surface area contributed by atoms with Crippen molar-refractivity contribution in [3.05, 3.63) is 29.3 Å². The fourth-order valence-electron chi connectivity index (χ4n) is 2.22. The smallest absolute Gasteiger partial charge is 0.307 e. The number of piperidine rings is 1. The highest BCUT2D eigenvalue weighted by Gasteiger charge is 2.15. The molecule has 0 aromatic heterocycles. The van der Waals surface area contributed by atoms with Crippen LogP contribution in [0.3, 0.4) is 0 Å². The van der Waals surface area contributed by atoms with E-state index in [1.807, 2.05) is 25.1 Å². The number of benzene rings is 1. The average Bonchev–Trinajstić information content (AvgIpc) is 2.33. The van der Waals surface area contributed by atoms with Crippen LogP contribution in [0.25, 0.3) is 0 Å². The first kappa shape index (κ1) is 12.9. The van der Waals surface area contributed by atoms with Crippen LogP contribution in [0.15, 0.2) is 18.2 Å². The second-order valence-electron chi connectivity index (χ2n) is 4.74. The molecule has 2 N–H and O–H groups in total. The number of carboxylic acids is 1. The maximum atomic E-state index is 10.6. The number of aryl methyl sites for hydroxylation is 1. The Labute approximate surface area is 107 Å². The van der Waals surface area contributed by atoms with Crippen molar-refractivity contribution in [3.8, 4) is 5.75 Å². The van der Waals surface area contributed by atoms with Gasteiger partial charge in [-0.3, -0.25) is 4.79 Å². The molecule has 0 aliphatic carbocycles. The first-order valence-corrected chi connectivity index (χ1v) is 6.34. The van der Waals surface area contributed by atoms with E-state index in [2.05, 4.69) is 5.32 Å². The number of rotatable bonds is 4. The number of carboxylic acid groups (broad SMARTS) is 1. The summed E-state index contributed by atoms with van der Waals surface area (Å²) in [5, 5.41) is 12.1. The van der Waals surface area contributed by atoms with Crippen LogP contribution in [0.4, 0.5) is 0 Å². The van der Waals surface area contributed by atoms with E-state index >= 15 is 0 Å². The van der Waals surface area contributed by atoms with Crippen LogP contribution in [-0.2, 0) is 11.2 Å². The summed E-state index contributed by atoms with van der Waals surface area (Å²) in [4.78, 5) is 10.6. The molecule has 1 fully saturated rings. The number of hydrogen-bond donors (Lipinski definition) is 2. The molecule has 0 amide bonds. The summed E-state index contributed by atoms with van der Waals surface area (Å²) in [7, 11) is 0. The minimum atomic E-state index is -0.804. The van der Waals surface area contributed by atoms with Crippen molar-refractivity contribution in [1.29, 1.82) is 0 Å². The van der Waals surface area contributed by atoms with Crippen molar-refractivity contribution in [1.82, 2.24) is 5.32 Å². The molecule has 1 aromatic rings. The SMILES string of the molecule is Cc1cc(CC(=O)O)ccc1OC1CCNCC1. The molecule has 1 aliphatic heterocycles. The Morgan fingerprint density at radius 3 is 2.78 bits per heavy atom. The third-order valence-electron chi connectivity index (χ3n) is 3.17. The van der Waals surface area contributed by atoms with Crippen LogP contribution in [0, 0.1) is 6.92 Å². The van der Waals surface area contributed by atoms with E-state index in [4.69, 9.17) is 9.84 Å². The Hall–Kier alpha value is -1.55. The van der Waals surface area contributed by atoms with Crippen molar-refractivity contribution in [2.75, 3.05) is 13.1 Å². The van der Waals surface area contributed by atoms with Crippen molar-refractivity contribution < 1.29 is 14.6 Å². The molecule has 18 heavy (non-hydrogen) atoms. The number of hydrogen-bond acceptors (Lipinski definition) is 3. The summed E-state index contributed by atoms with van der Waals surface area (Å²) in [5.41, 5.74) is 1.82. The first-order chi connectivity index (χ1) is 8.65. The van der Waals surface area contributed by atoms with Gasteiger partial charge in [-0.25, -0.2) is 0 Å². The highest BCUT2D eigenvalue weighted by molar-refractivity contribution is 5.70. The Morgan fingerprint density at radius 1 is 1.44 bits per heavy atom. The lowest BCUT2D eigenvalue weighted by Crippen LogP contribution is -2.34. The zero-order valence-corrected chi connectivity index (χ0v) is 10.6. The van der Waals surface area contributed by atoms with Gasteiger partial charge in [0.2, 0.25) is 0 Å². The minimum Gasteiger partial charge on any atom is -0.490 e. The average molecular weight is 249 g/mol. The summed E-state index contributed by atoms with van der Waals surface area (Å²) < 4.78 is 5.96. The maximum Gasteiger partial charge on any atom is 0.307 e. The van der Waals surface area contributed by atoms with Crippen molar-refractivity contribution in [3.63, 3.8) is 0 Å². The van der Waals surface area contributed by atoms with Crippen LogP contribution in [0.2, 0.25) is 0 Å². The second-order valence-corrected chi connectivity index (χ2v) is 4.74. The van der Waals surface area contributed by atoms with Gasteiger partial charge in [-0.05, 0) is 50.0 Å². The van der Waals surface area contributed by atoms with E-state index in [9.17, 15) is 4.79 Å². The molecule has 4 nitrogen and oxygen atoms in total. The zero-order chi connectivity index (χ0) is 13.0. The van der Waals surface area contributed by atoms with Crippen molar-refractivity contribution in [2.45, 2.75) is 32.3 Å². The first-order valence-electron chi connectivity index (χ1n) is 6.34. The summed E-state index contributed by atoms with van der Waals surface area (Å²) in [6.07, 6.45) is 2.39. The molecule has 0 saturated carbocycles. The molecule has 0 atom stereocenters. The third-order valence-corrected chi connectivity index (χ3v) is 3.17. The van der Waals surface area contributed by atoms with Gasteiger partial charge in [-0.2, -0.15) is 0 Å². The molecular formula is C14H19NO3. The van der Waals surface area contributed by atoms with Gasteiger partial charge in [-0.15, -0.1) is 0 Å². The predicted molar refractivity (Wildman–Crippen MR) is 69.0 cm³/mol. The summed E-state index contributed by atoms with van der Waals surface area (Å²) in [6.45, 7) is 3.96. The molecule has 4 heteroatoms. The third kappa shape index (κ3) is 3.47. The summed E-state index contributed by atoms with van der Waals surface area (Å²) in [6, 6.07) is 5.61. The molecule has 0 spiro atoms. The monoisotopic (exact) mass is 249 g/mol. The number of carbonyl (C=O) groups is 1. The van der Waals surface area contributed by atoms with Crippen molar-refractivity contribution >= 4 is 5.97 Å². The molecule has 0 radical (unpaired) electrons. The van der Waals surface area contributed by atoms with E-state index in [1.54, 1.807) is 0 Å². The van der Waals surface area contributed by atoms with Gasteiger partial charge < -0.3 is 15.2 Å². The molecule has 1 heterocycles. The standard InChI is InChI=1S/C14H19NO3/c1-10-8-11(9-14(16)17)2-3-13(10)18-12-4-6-15-7-5-12/h2-3,8,12,15H,4-7,9H2,1H3,(H,16,17). The molecule has 1 aliphatic rings. The highest BCUT2D eigenvalue weighted by Crippen LogP contribution is 2.22. The lowest BCUT2D eigenvalue weighted by atomic mass is 10.1. The summed E-state index contributed by atoms with van der Waals surface area (Å²) >= 11 is 0. The van der Waals surface area contributed by atoms with Crippen LogP contribution in [0.5, 0.6) is 5.75 Å². The molecule has 0 bridgehead atoms. The van der Waals surface area contributed by atoms with Gasteiger partial charge in [0.25, 0.3) is 0 Å². The van der Waals surface area contributed by atoms with E-state index in [-0.39, 0.29) is 12.5 Å². The van der Waals surface area contributed by atoms with Crippen LogP contribution >= 0.6 is 0 Å². The molecule has 1 saturated heterocycles. The van der Waals surface area contributed by atoms with Crippen LogP contribution in [-0.4, -0.2) is 30.3 Å². The maximum absolute atomic E-state index is 10.6. The Bertz CT molecular complexity index is 425. The molecule has 98 valence electrons. The fraction of sp³-hybridized carbons (Fsp3) is 0.500. The zero-order valence-electron chi connectivity index (χ0n) is 10.6. The Balaban J connectivity index is 2.02. The van der Waals surface area contributed by atoms with E-state index in [0.29, 0.717) is 0 Å². The Morgan fingerprint density at radius 2 is 2.17 bits per heavy atom. The van der Waals surface area contributed by atoms with Gasteiger partial charge >= 0.3 is 5.97 Å². The Kier molecular flexibility index (Phi) is 4.20. The molecule has 2 rings (SSSR count). The van der Waals surface area contributed by atoms with Gasteiger partial charge in [0.15, 0.2) is 0 Å². The van der Waals surface area contributed by atoms with Gasteiger partial charge in [0.05, 0.1) is 6.42 Å². The highest BCUT2D eigenvalue weighted by atomic mass is 16.5. The second kappa shape index (κ2) is 5.87. The van der Waals surface area contributed by atoms with E-state index in [1.165, 1.54) is 0 Å². The van der Waals surface area contributed by atoms with Crippen LogP contribution in [0.1, 0.15) is 24.0 Å². The topological polar surface area (TPSA) is 58.6 Å². The molecule has 1 aromatic carbocycles. The lowest BCUT2D eigenvalue weighted by Gasteiger charge is -2.24. The van der Waals surface area contributed by atoms with Gasteiger partial charge in [-0.1, -0.05) is 12.1 Å². The van der Waals surface area contributed by atoms with Gasteiger partial charge in [0, 0.05) is 0 Å². The minimum absolute atomic E-state index is 0.0640. The lowest BCUT2D eigenvalue weighted by molar-refractivity contribution is -0.136. The molecular weight excluding hydrogens is 230 g/mol. The number of nitrogens with one attached hydrogen (secondary N) is 1. The summed E-state index contributed by atoms with van der Waals surface area (Å²) in [5.74, 6) is 0.0671.